The van der Waals surface area contributed by atoms with E-state index in [1.54, 1.807) is 0 Å². The van der Waals surface area contributed by atoms with Crippen molar-refractivity contribution in [1.82, 2.24) is 14.8 Å². The maximum atomic E-state index is 13.0. The van der Waals surface area contributed by atoms with Crippen LogP contribution in [0.5, 0.6) is 0 Å². The molecule has 26 heavy (non-hydrogen) atoms. The van der Waals surface area contributed by atoms with Gasteiger partial charge in [0.05, 0.1) is 5.69 Å². The number of hydrogen-bond acceptors (Lipinski definition) is 4. The number of amides is 2. The monoisotopic (exact) mass is 361 g/mol. The van der Waals surface area contributed by atoms with Gasteiger partial charge in [-0.1, -0.05) is 20.3 Å². The number of aromatic nitrogens is 1. The highest BCUT2D eigenvalue weighted by molar-refractivity contribution is 5.92. The van der Waals surface area contributed by atoms with E-state index in [1.807, 2.05) is 23.6 Å². The molecule has 1 aromatic rings. The lowest BCUT2D eigenvalue weighted by Gasteiger charge is -2.48. The molecular formula is C20H31N3O3. The van der Waals surface area contributed by atoms with Crippen molar-refractivity contribution >= 4 is 11.8 Å². The quantitative estimate of drug-likeness (QED) is 0.808. The van der Waals surface area contributed by atoms with Gasteiger partial charge in [0, 0.05) is 44.4 Å². The maximum absolute atomic E-state index is 13.0. The van der Waals surface area contributed by atoms with Gasteiger partial charge in [0.2, 0.25) is 11.7 Å². The number of likely N-dealkylation sites (tertiary alicyclic amines) is 2. The average Bonchev–Trinajstić information content (AvgIpc) is 3.03. The second-order valence-electron chi connectivity index (χ2n) is 7.87. The van der Waals surface area contributed by atoms with Gasteiger partial charge >= 0.3 is 0 Å². The van der Waals surface area contributed by atoms with Gasteiger partial charge in [-0.25, -0.2) is 4.98 Å². The highest BCUT2D eigenvalue weighted by Gasteiger charge is 2.43. The summed E-state index contributed by atoms with van der Waals surface area (Å²) in [6, 6.07) is 0. The third-order valence-corrected chi connectivity index (χ3v) is 5.82. The van der Waals surface area contributed by atoms with Gasteiger partial charge in [-0.2, -0.15) is 0 Å². The van der Waals surface area contributed by atoms with Crippen molar-refractivity contribution < 1.29 is 14.0 Å². The Labute approximate surface area is 155 Å². The molecule has 0 unspecified atom stereocenters. The molecule has 3 rings (SSSR count). The normalized spacial score (nSPS) is 23.7. The van der Waals surface area contributed by atoms with Crippen LogP contribution in [-0.2, 0) is 11.2 Å². The van der Waals surface area contributed by atoms with E-state index in [1.165, 1.54) is 0 Å². The van der Waals surface area contributed by atoms with Crippen LogP contribution in [0.2, 0.25) is 0 Å². The van der Waals surface area contributed by atoms with Crippen LogP contribution in [0.3, 0.4) is 0 Å². The van der Waals surface area contributed by atoms with Crippen molar-refractivity contribution in [3.8, 4) is 0 Å². The molecule has 2 aliphatic rings. The molecule has 144 valence electrons. The Morgan fingerprint density at radius 3 is 2.77 bits per heavy atom. The lowest BCUT2D eigenvalue weighted by molar-refractivity contribution is -0.139. The minimum Gasteiger partial charge on any atom is -0.435 e. The number of oxazole rings is 1. The smallest absolute Gasteiger partial charge is 0.291 e. The minimum atomic E-state index is -0.0502. The van der Waals surface area contributed by atoms with Gasteiger partial charge in [-0.15, -0.1) is 0 Å². The van der Waals surface area contributed by atoms with Gasteiger partial charge in [0.1, 0.15) is 0 Å². The average molecular weight is 361 g/mol. The largest absolute Gasteiger partial charge is 0.435 e. The van der Waals surface area contributed by atoms with Crippen LogP contribution in [0, 0.1) is 12.3 Å². The van der Waals surface area contributed by atoms with E-state index in [2.05, 4.69) is 11.9 Å². The predicted octanol–water partition coefficient (Wildman–Crippen LogP) is 3.19. The van der Waals surface area contributed by atoms with E-state index < -0.39 is 0 Å². The summed E-state index contributed by atoms with van der Waals surface area (Å²) in [5, 5.41) is 0. The molecule has 3 heterocycles. The predicted molar refractivity (Wildman–Crippen MR) is 98.9 cm³/mol. The van der Waals surface area contributed by atoms with Crippen molar-refractivity contribution in [3.05, 3.63) is 17.3 Å². The third-order valence-electron chi connectivity index (χ3n) is 5.82. The summed E-state index contributed by atoms with van der Waals surface area (Å²) >= 11 is 0. The topological polar surface area (TPSA) is 66.7 Å². The summed E-state index contributed by atoms with van der Waals surface area (Å²) in [6.07, 6.45) is 6.37. The molecule has 2 aliphatic heterocycles. The summed E-state index contributed by atoms with van der Waals surface area (Å²) in [5.41, 5.74) is 0.715. The molecular weight excluding hydrogens is 330 g/mol. The molecule has 6 nitrogen and oxygen atoms in total. The first-order valence-corrected chi connectivity index (χ1v) is 10.0. The molecule has 6 heteroatoms. The lowest BCUT2D eigenvalue weighted by Crippen LogP contribution is -2.55. The molecule has 0 saturated carbocycles. The van der Waals surface area contributed by atoms with Crippen LogP contribution in [0.15, 0.2) is 4.42 Å². The maximum Gasteiger partial charge on any atom is 0.291 e. The van der Waals surface area contributed by atoms with Crippen LogP contribution >= 0.6 is 0 Å². The number of carbonyl (C=O) groups excluding carboxylic acids is 2. The van der Waals surface area contributed by atoms with E-state index in [0.29, 0.717) is 36.7 Å². The minimum absolute atomic E-state index is 0.0388. The van der Waals surface area contributed by atoms with Crippen molar-refractivity contribution in [3.63, 3.8) is 0 Å². The first kappa shape index (κ1) is 18.9. The molecule has 0 N–H and O–H groups in total. The zero-order valence-electron chi connectivity index (χ0n) is 16.3. The number of unbranched alkanes of at least 4 members (excludes halogenated alkanes) is 1. The van der Waals surface area contributed by atoms with Crippen LogP contribution in [0.1, 0.15) is 74.5 Å². The Morgan fingerprint density at radius 1 is 1.27 bits per heavy atom. The molecule has 2 saturated heterocycles. The SMILES string of the molecule is CCCCN1C[C@]2(CCCN(C(=O)c3oc(CC)nc3C)C2)CCC1=O. The fourth-order valence-corrected chi connectivity index (χ4v) is 4.31. The van der Waals surface area contributed by atoms with Gasteiger partial charge in [-0.05, 0) is 32.6 Å². The van der Waals surface area contributed by atoms with Crippen molar-refractivity contribution in [2.45, 2.75) is 65.7 Å². The number of rotatable bonds is 5. The summed E-state index contributed by atoms with van der Waals surface area (Å²) in [6.45, 7) is 9.04. The number of nitrogens with zero attached hydrogens (tertiary/aromatic N) is 3. The summed E-state index contributed by atoms with van der Waals surface area (Å²) in [7, 11) is 0. The van der Waals surface area contributed by atoms with E-state index in [4.69, 9.17) is 4.42 Å². The summed E-state index contributed by atoms with van der Waals surface area (Å²) in [5.74, 6) is 1.22. The summed E-state index contributed by atoms with van der Waals surface area (Å²) < 4.78 is 5.68. The Kier molecular flexibility index (Phi) is 5.68. The van der Waals surface area contributed by atoms with Gasteiger partial charge in [0.15, 0.2) is 5.89 Å². The zero-order chi connectivity index (χ0) is 18.7. The Bertz CT molecular complexity index is 669. The van der Waals surface area contributed by atoms with Crippen molar-refractivity contribution in [2.75, 3.05) is 26.2 Å². The van der Waals surface area contributed by atoms with Crippen molar-refractivity contribution in [1.29, 1.82) is 0 Å². The van der Waals surface area contributed by atoms with Crippen molar-refractivity contribution in [2.24, 2.45) is 5.41 Å². The highest BCUT2D eigenvalue weighted by atomic mass is 16.4. The van der Waals surface area contributed by atoms with E-state index >= 15 is 0 Å². The molecule has 0 bridgehead atoms. The van der Waals surface area contributed by atoms with Crippen LogP contribution < -0.4 is 0 Å². The molecule has 0 aromatic carbocycles. The highest BCUT2D eigenvalue weighted by Crippen LogP contribution is 2.39. The van der Waals surface area contributed by atoms with Gasteiger partial charge in [-0.3, -0.25) is 9.59 Å². The molecule has 1 aromatic heterocycles. The van der Waals surface area contributed by atoms with E-state index in [9.17, 15) is 9.59 Å². The molecule has 2 fully saturated rings. The second-order valence-corrected chi connectivity index (χ2v) is 7.87. The first-order chi connectivity index (χ1) is 12.5. The van der Waals surface area contributed by atoms with Crippen LogP contribution in [0.25, 0.3) is 0 Å². The fraction of sp³-hybridized carbons (Fsp3) is 0.750. The molecule has 0 radical (unpaired) electrons. The Morgan fingerprint density at radius 2 is 2.08 bits per heavy atom. The molecule has 1 spiro atoms. The van der Waals surface area contributed by atoms with E-state index in [0.717, 1.165) is 51.7 Å². The van der Waals surface area contributed by atoms with E-state index in [-0.39, 0.29) is 17.2 Å². The zero-order valence-corrected chi connectivity index (χ0v) is 16.3. The van der Waals surface area contributed by atoms with Crippen LogP contribution in [-0.4, -0.2) is 52.8 Å². The third kappa shape index (κ3) is 3.79. The Hall–Kier alpha value is -1.85. The number of piperidine rings is 2. The summed E-state index contributed by atoms with van der Waals surface area (Å²) in [4.78, 5) is 33.6. The Balaban J connectivity index is 1.72. The molecule has 0 aliphatic carbocycles. The molecule has 1 atom stereocenters. The number of aryl methyl sites for hydroxylation is 2. The van der Waals surface area contributed by atoms with Gasteiger partial charge < -0.3 is 14.2 Å². The standard InChI is InChI=1S/C20H31N3O3/c1-4-6-11-22-13-20(10-8-17(22)24)9-7-12-23(14-20)19(25)18-15(3)21-16(5-2)26-18/h4-14H2,1-3H3/t20-/m0/s1. The number of carbonyl (C=O) groups is 2. The van der Waals surface area contributed by atoms with Gasteiger partial charge in [0.25, 0.3) is 5.91 Å². The first-order valence-electron chi connectivity index (χ1n) is 10.0. The van der Waals surface area contributed by atoms with Crippen LogP contribution in [0.4, 0.5) is 0 Å². The number of hydrogen-bond donors (Lipinski definition) is 0. The second kappa shape index (κ2) is 7.80. The lowest BCUT2D eigenvalue weighted by atomic mass is 9.73. The fourth-order valence-electron chi connectivity index (χ4n) is 4.31. The molecule has 2 amide bonds.